The molecular weight excluding hydrogens is 262 g/mol. The van der Waals surface area contributed by atoms with E-state index in [1.165, 1.54) is 0 Å². The second kappa shape index (κ2) is 5.83. The molecule has 0 radical (unpaired) electrons. The summed E-state index contributed by atoms with van der Waals surface area (Å²) in [6.07, 6.45) is 1.81. The quantitative estimate of drug-likeness (QED) is 0.702. The van der Waals surface area contributed by atoms with Crippen LogP contribution in [0.3, 0.4) is 0 Å². The average Bonchev–Trinajstić information content (AvgIpc) is 2.91. The van der Waals surface area contributed by atoms with Gasteiger partial charge in [-0.25, -0.2) is 0 Å². The molecule has 0 saturated carbocycles. The lowest BCUT2D eigenvalue weighted by Gasteiger charge is -2.11. The zero-order valence-corrected chi connectivity index (χ0v) is 11.9. The molecule has 0 bridgehead atoms. The molecule has 0 unspecified atom stereocenters. The fourth-order valence-electron chi connectivity index (χ4n) is 2.55. The number of hydrogen-bond donors (Lipinski definition) is 1. The summed E-state index contributed by atoms with van der Waals surface area (Å²) in [5.74, 6) is 0.812. The van der Waals surface area contributed by atoms with Crippen LogP contribution in [-0.2, 0) is 0 Å². The molecule has 0 aliphatic heterocycles. The number of carbonyl (C=O) groups is 1. The van der Waals surface area contributed by atoms with Crippen LogP contribution < -0.4 is 4.74 Å². The van der Waals surface area contributed by atoms with Crippen LogP contribution in [0.2, 0.25) is 0 Å². The fourth-order valence-corrected chi connectivity index (χ4v) is 2.55. The van der Waals surface area contributed by atoms with Crippen molar-refractivity contribution in [1.29, 1.82) is 0 Å². The van der Waals surface area contributed by atoms with Gasteiger partial charge in [0.1, 0.15) is 5.75 Å². The number of aromatic nitrogens is 1. The third-order valence-corrected chi connectivity index (χ3v) is 3.47. The first kappa shape index (κ1) is 13.4. The van der Waals surface area contributed by atoms with Crippen LogP contribution in [0.5, 0.6) is 5.75 Å². The van der Waals surface area contributed by atoms with Gasteiger partial charge in [-0.2, -0.15) is 0 Å². The maximum Gasteiger partial charge on any atom is 0.166 e. The van der Waals surface area contributed by atoms with Crippen molar-refractivity contribution in [1.82, 2.24) is 4.98 Å². The number of rotatable bonds is 5. The number of benzene rings is 2. The summed E-state index contributed by atoms with van der Waals surface area (Å²) < 4.78 is 5.83. The van der Waals surface area contributed by atoms with Crippen LogP contribution in [0.1, 0.15) is 23.8 Å². The first-order valence-electron chi connectivity index (χ1n) is 7.13. The van der Waals surface area contributed by atoms with Crippen LogP contribution >= 0.6 is 0 Å². The first-order valence-corrected chi connectivity index (χ1v) is 7.13. The molecule has 0 aliphatic rings. The zero-order valence-electron chi connectivity index (χ0n) is 11.9. The first-order chi connectivity index (χ1) is 10.3. The lowest BCUT2D eigenvalue weighted by Crippen LogP contribution is -1.97. The third kappa shape index (κ3) is 2.42. The van der Waals surface area contributed by atoms with E-state index in [0.29, 0.717) is 12.3 Å². The summed E-state index contributed by atoms with van der Waals surface area (Å²) in [4.78, 5) is 14.6. The van der Waals surface area contributed by atoms with Gasteiger partial charge >= 0.3 is 0 Å². The van der Waals surface area contributed by atoms with E-state index in [4.69, 9.17) is 4.74 Å². The summed E-state index contributed by atoms with van der Waals surface area (Å²) in [6, 6.07) is 15.8. The lowest BCUT2D eigenvalue weighted by molar-refractivity contribution is 0.112. The normalized spacial score (nSPS) is 10.7. The van der Waals surface area contributed by atoms with Crippen molar-refractivity contribution in [3.63, 3.8) is 0 Å². The van der Waals surface area contributed by atoms with E-state index in [1.807, 2.05) is 48.5 Å². The van der Waals surface area contributed by atoms with Crippen molar-refractivity contribution in [3.05, 3.63) is 54.2 Å². The molecule has 3 heteroatoms. The van der Waals surface area contributed by atoms with Crippen LogP contribution in [0.25, 0.3) is 22.0 Å². The van der Waals surface area contributed by atoms with Crippen LogP contribution in [0.4, 0.5) is 0 Å². The van der Waals surface area contributed by atoms with E-state index in [1.54, 1.807) is 0 Å². The Morgan fingerprint density at radius 3 is 2.67 bits per heavy atom. The van der Waals surface area contributed by atoms with Crippen molar-refractivity contribution in [2.45, 2.75) is 13.3 Å². The van der Waals surface area contributed by atoms with E-state index < -0.39 is 0 Å². The number of ether oxygens (including phenoxy) is 1. The summed E-state index contributed by atoms with van der Waals surface area (Å²) in [6.45, 7) is 2.74. The lowest BCUT2D eigenvalue weighted by atomic mass is 10.0. The predicted molar refractivity (Wildman–Crippen MR) is 84.9 cm³/mol. The number of hydrogen-bond acceptors (Lipinski definition) is 2. The molecule has 3 aromatic rings. The van der Waals surface area contributed by atoms with E-state index >= 15 is 0 Å². The smallest absolute Gasteiger partial charge is 0.166 e. The Balaban J connectivity index is 2.22. The SMILES string of the molecule is CCCOc1ccccc1-c1c(C=O)[nH]c2ccccc12. The second-order valence-electron chi connectivity index (χ2n) is 4.92. The largest absolute Gasteiger partial charge is 0.493 e. The van der Waals surface area contributed by atoms with Crippen molar-refractivity contribution in [3.8, 4) is 16.9 Å². The van der Waals surface area contributed by atoms with Gasteiger partial charge in [-0.1, -0.05) is 43.3 Å². The molecule has 1 heterocycles. The third-order valence-electron chi connectivity index (χ3n) is 3.47. The van der Waals surface area contributed by atoms with Gasteiger partial charge in [-0.15, -0.1) is 0 Å². The number of H-pyrrole nitrogens is 1. The zero-order chi connectivity index (χ0) is 14.7. The highest BCUT2D eigenvalue weighted by Gasteiger charge is 2.16. The minimum absolute atomic E-state index is 0.587. The molecule has 1 N–H and O–H groups in total. The maximum absolute atomic E-state index is 11.4. The highest BCUT2D eigenvalue weighted by molar-refractivity contribution is 6.05. The molecule has 1 aromatic heterocycles. The molecule has 0 atom stereocenters. The van der Waals surface area contributed by atoms with Gasteiger partial charge in [0.15, 0.2) is 6.29 Å². The van der Waals surface area contributed by atoms with Crippen molar-refractivity contribution < 1.29 is 9.53 Å². The Bertz CT molecular complexity index is 774. The summed E-state index contributed by atoms with van der Waals surface area (Å²) >= 11 is 0. The number of para-hydroxylation sites is 2. The molecule has 0 amide bonds. The fraction of sp³-hybridized carbons (Fsp3) is 0.167. The molecule has 3 rings (SSSR count). The van der Waals surface area contributed by atoms with Crippen LogP contribution in [-0.4, -0.2) is 17.9 Å². The molecule has 0 aliphatic carbocycles. The monoisotopic (exact) mass is 279 g/mol. The van der Waals surface area contributed by atoms with Gasteiger partial charge < -0.3 is 9.72 Å². The molecule has 0 spiro atoms. The summed E-state index contributed by atoms with van der Waals surface area (Å²) in [7, 11) is 0. The van der Waals surface area contributed by atoms with E-state index in [9.17, 15) is 4.79 Å². The Hall–Kier alpha value is -2.55. The maximum atomic E-state index is 11.4. The number of carbonyl (C=O) groups excluding carboxylic acids is 1. The highest BCUT2D eigenvalue weighted by Crippen LogP contribution is 2.37. The molecule has 0 saturated heterocycles. The van der Waals surface area contributed by atoms with Crippen molar-refractivity contribution >= 4 is 17.2 Å². The molecule has 106 valence electrons. The molecular formula is C18H17NO2. The average molecular weight is 279 g/mol. The topological polar surface area (TPSA) is 42.1 Å². The van der Waals surface area contributed by atoms with Crippen molar-refractivity contribution in [2.24, 2.45) is 0 Å². The summed E-state index contributed by atoms with van der Waals surface area (Å²) in [5.41, 5.74) is 3.40. The predicted octanol–water partition coefficient (Wildman–Crippen LogP) is 4.44. The summed E-state index contributed by atoms with van der Waals surface area (Å²) in [5, 5.41) is 1.03. The molecule has 2 aromatic carbocycles. The van der Waals surface area contributed by atoms with E-state index in [0.717, 1.165) is 40.5 Å². The Morgan fingerprint density at radius 2 is 1.86 bits per heavy atom. The second-order valence-corrected chi connectivity index (χ2v) is 4.92. The van der Waals surface area contributed by atoms with Crippen LogP contribution in [0.15, 0.2) is 48.5 Å². The van der Waals surface area contributed by atoms with Crippen LogP contribution in [0, 0.1) is 0 Å². The molecule has 0 fully saturated rings. The number of nitrogens with one attached hydrogen (secondary N) is 1. The number of aromatic amines is 1. The minimum atomic E-state index is 0.587. The number of fused-ring (bicyclic) bond motifs is 1. The van der Waals surface area contributed by atoms with Gasteiger partial charge in [0.2, 0.25) is 0 Å². The Labute approximate surface area is 123 Å². The van der Waals surface area contributed by atoms with Gasteiger partial charge in [-0.3, -0.25) is 4.79 Å². The molecule has 3 nitrogen and oxygen atoms in total. The number of aldehydes is 1. The van der Waals surface area contributed by atoms with Crippen molar-refractivity contribution in [2.75, 3.05) is 6.61 Å². The van der Waals surface area contributed by atoms with E-state index in [2.05, 4.69) is 11.9 Å². The Kier molecular flexibility index (Phi) is 3.73. The molecule has 21 heavy (non-hydrogen) atoms. The highest BCUT2D eigenvalue weighted by atomic mass is 16.5. The standard InChI is InChI=1S/C18H17NO2/c1-2-11-21-17-10-6-4-8-14(17)18-13-7-3-5-9-15(13)19-16(18)12-20/h3-10,12,19H,2,11H2,1H3. The minimum Gasteiger partial charge on any atom is -0.493 e. The van der Waals surface area contributed by atoms with Gasteiger partial charge in [-0.05, 0) is 18.6 Å². The van der Waals surface area contributed by atoms with Gasteiger partial charge in [0, 0.05) is 22.0 Å². The van der Waals surface area contributed by atoms with Gasteiger partial charge in [0.25, 0.3) is 0 Å². The van der Waals surface area contributed by atoms with Gasteiger partial charge in [0.05, 0.1) is 12.3 Å². The Morgan fingerprint density at radius 1 is 1.10 bits per heavy atom. The van der Waals surface area contributed by atoms with E-state index in [-0.39, 0.29) is 0 Å².